The van der Waals surface area contributed by atoms with E-state index < -0.39 is 0 Å². The molecule has 120 valence electrons. The Morgan fingerprint density at radius 3 is 2.43 bits per heavy atom. The molecule has 0 radical (unpaired) electrons. The first-order valence-electron chi connectivity index (χ1n) is 7.42. The number of Topliss-reactive ketones (excluding diaryl/α,β-unsaturated/α-hetero) is 1. The number of fused-ring (bicyclic) bond motifs is 1. The van der Waals surface area contributed by atoms with Gasteiger partial charge in [0.2, 0.25) is 0 Å². The second kappa shape index (κ2) is 6.58. The smallest absolute Gasteiger partial charge is 0.188 e. The SMILES string of the molecule is Cc1nc(SCC(=O)c2ccc3c(c2)OCCO3)nc(C)c1C. The molecular formula is C17H18N2O3S. The summed E-state index contributed by atoms with van der Waals surface area (Å²) in [6.45, 7) is 6.96. The molecular weight excluding hydrogens is 312 g/mol. The molecule has 3 rings (SSSR count). The number of hydrogen-bond donors (Lipinski definition) is 0. The van der Waals surface area contributed by atoms with Crippen molar-refractivity contribution in [3.63, 3.8) is 0 Å². The minimum Gasteiger partial charge on any atom is -0.486 e. The van der Waals surface area contributed by atoms with Crippen LogP contribution in [0.2, 0.25) is 0 Å². The Kier molecular flexibility index (Phi) is 4.52. The Morgan fingerprint density at radius 2 is 1.74 bits per heavy atom. The van der Waals surface area contributed by atoms with Crippen LogP contribution in [0.15, 0.2) is 23.4 Å². The van der Waals surface area contributed by atoms with Crippen LogP contribution in [0.4, 0.5) is 0 Å². The first kappa shape index (κ1) is 15.8. The molecule has 23 heavy (non-hydrogen) atoms. The number of thioether (sulfide) groups is 1. The summed E-state index contributed by atoms with van der Waals surface area (Å²) in [6.07, 6.45) is 0. The van der Waals surface area contributed by atoms with E-state index in [4.69, 9.17) is 9.47 Å². The van der Waals surface area contributed by atoms with Gasteiger partial charge >= 0.3 is 0 Å². The molecule has 0 aliphatic carbocycles. The molecule has 2 aromatic rings. The molecule has 0 fully saturated rings. The number of carbonyl (C=O) groups excluding carboxylic acids is 1. The lowest BCUT2D eigenvalue weighted by Crippen LogP contribution is -2.16. The Bertz CT molecular complexity index is 738. The zero-order chi connectivity index (χ0) is 16.4. The van der Waals surface area contributed by atoms with Crippen LogP contribution >= 0.6 is 11.8 Å². The van der Waals surface area contributed by atoms with Gasteiger partial charge in [-0.1, -0.05) is 11.8 Å². The molecule has 1 aromatic heterocycles. The maximum atomic E-state index is 12.4. The van der Waals surface area contributed by atoms with Crippen LogP contribution < -0.4 is 9.47 Å². The highest BCUT2D eigenvalue weighted by atomic mass is 32.2. The number of rotatable bonds is 4. The van der Waals surface area contributed by atoms with Crippen molar-refractivity contribution in [2.24, 2.45) is 0 Å². The number of carbonyl (C=O) groups is 1. The molecule has 0 saturated carbocycles. The Hall–Kier alpha value is -2.08. The molecule has 0 atom stereocenters. The average molecular weight is 330 g/mol. The van der Waals surface area contributed by atoms with Crippen LogP contribution in [0.5, 0.6) is 11.5 Å². The number of nitrogens with zero attached hydrogens (tertiary/aromatic N) is 2. The third kappa shape index (κ3) is 3.47. The Morgan fingerprint density at radius 1 is 1.09 bits per heavy atom. The van der Waals surface area contributed by atoms with Crippen molar-refractivity contribution in [2.75, 3.05) is 19.0 Å². The number of benzene rings is 1. The fourth-order valence-corrected chi connectivity index (χ4v) is 3.07. The van der Waals surface area contributed by atoms with Crippen molar-refractivity contribution in [3.05, 3.63) is 40.7 Å². The quantitative estimate of drug-likeness (QED) is 0.487. The highest BCUT2D eigenvalue weighted by molar-refractivity contribution is 7.99. The van der Waals surface area contributed by atoms with Crippen molar-refractivity contribution in [1.29, 1.82) is 0 Å². The maximum Gasteiger partial charge on any atom is 0.188 e. The van der Waals surface area contributed by atoms with Gasteiger partial charge in [0.1, 0.15) is 13.2 Å². The summed E-state index contributed by atoms with van der Waals surface area (Å²) >= 11 is 1.35. The number of hydrogen-bond acceptors (Lipinski definition) is 6. The normalized spacial score (nSPS) is 13.0. The summed E-state index contributed by atoms with van der Waals surface area (Å²) in [5.41, 5.74) is 3.60. The highest BCUT2D eigenvalue weighted by Crippen LogP contribution is 2.31. The summed E-state index contributed by atoms with van der Waals surface area (Å²) in [4.78, 5) is 21.2. The predicted molar refractivity (Wildman–Crippen MR) is 88.7 cm³/mol. The minimum atomic E-state index is 0.0199. The van der Waals surface area contributed by atoms with Crippen LogP contribution in [-0.4, -0.2) is 34.7 Å². The lowest BCUT2D eigenvalue weighted by Gasteiger charge is -2.18. The maximum absolute atomic E-state index is 12.4. The number of ether oxygens (including phenoxy) is 2. The number of ketones is 1. The van der Waals surface area contributed by atoms with Crippen molar-refractivity contribution < 1.29 is 14.3 Å². The van der Waals surface area contributed by atoms with Gasteiger partial charge < -0.3 is 9.47 Å². The molecule has 1 aliphatic rings. The molecule has 0 bridgehead atoms. The van der Waals surface area contributed by atoms with Gasteiger partial charge in [0.15, 0.2) is 22.4 Å². The van der Waals surface area contributed by atoms with E-state index in [-0.39, 0.29) is 5.78 Å². The van der Waals surface area contributed by atoms with Gasteiger partial charge in [-0.3, -0.25) is 4.79 Å². The Labute approximate surface area is 139 Å². The first-order chi connectivity index (χ1) is 11.0. The van der Waals surface area contributed by atoms with E-state index >= 15 is 0 Å². The number of aromatic nitrogens is 2. The second-order valence-electron chi connectivity index (χ2n) is 5.37. The van der Waals surface area contributed by atoms with Crippen molar-refractivity contribution in [3.8, 4) is 11.5 Å². The molecule has 1 aliphatic heterocycles. The van der Waals surface area contributed by atoms with Crippen LogP contribution in [0, 0.1) is 20.8 Å². The van der Waals surface area contributed by atoms with Crippen molar-refractivity contribution >= 4 is 17.5 Å². The van der Waals surface area contributed by atoms with Crippen LogP contribution in [0.1, 0.15) is 27.3 Å². The third-order valence-corrected chi connectivity index (χ3v) is 4.66. The summed E-state index contributed by atoms with van der Waals surface area (Å²) in [5.74, 6) is 1.63. The van der Waals surface area contributed by atoms with Gasteiger partial charge in [-0.2, -0.15) is 0 Å². The average Bonchev–Trinajstić information content (AvgIpc) is 2.57. The van der Waals surface area contributed by atoms with Gasteiger partial charge in [0.25, 0.3) is 0 Å². The van der Waals surface area contributed by atoms with E-state index in [1.165, 1.54) is 11.8 Å². The minimum absolute atomic E-state index is 0.0199. The molecule has 0 unspecified atom stereocenters. The molecule has 0 spiro atoms. The topological polar surface area (TPSA) is 61.3 Å². The highest BCUT2D eigenvalue weighted by Gasteiger charge is 2.16. The summed E-state index contributed by atoms with van der Waals surface area (Å²) in [7, 11) is 0. The lowest BCUT2D eigenvalue weighted by molar-refractivity contribution is 0.102. The monoisotopic (exact) mass is 330 g/mol. The molecule has 2 heterocycles. The van der Waals surface area contributed by atoms with E-state index in [0.29, 0.717) is 41.2 Å². The van der Waals surface area contributed by atoms with E-state index in [2.05, 4.69) is 9.97 Å². The van der Waals surface area contributed by atoms with E-state index in [1.54, 1.807) is 18.2 Å². The van der Waals surface area contributed by atoms with Crippen LogP contribution in [-0.2, 0) is 0 Å². The molecule has 0 saturated heterocycles. The summed E-state index contributed by atoms with van der Waals surface area (Å²) in [5, 5.41) is 0.636. The van der Waals surface area contributed by atoms with Crippen molar-refractivity contribution in [2.45, 2.75) is 25.9 Å². The largest absolute Gasteiger partial charge is 0.486 e. The lowest BCUT2D eigenvalue weighted by atomic mass is 10.1. The summed E-state index contributed by atoms with van der Waals surface area (Å²) < 4.78 is 11.0. The van der Waals surface area contributed by atoms with Gasteiger partial charge in [0.05, 0.1) is 5.75 Å². The Balaban J connectivity index is 1.70. The van der Waals surface area contributed by atoms with E-state index in [9.17, 15) is 4.79 Å². The second-order valence-corrected chi connectivity index (χ2v) is 6.31. The zero-order valence-electron chi connectivity index (χ0n) is 13.4. The van der Waals surface area contributed by atoms with Crippen LogP contribution in [0.25, 0.3) is 0 Å². The molecule has 6 heteroatoms. The van der Waals surface area contributed by atoms with Gasteiger partial charge in [-0.15, -0.1) is 0 Å². The zero-order valence-corrected chi connectivity index (χ0v) is 14.2. The third-order valence-electron chi connectivity index (χ3n) is 3.81. The molecule has 0 amide bonds. The molecule has 1 aromatic carbocycles. The molecule has 5 nitrogen and oxygen atoms in total. The van der Waals surface area contributed by atoms with E-state index in [1.807, 2.05) is 20.8 Å². The van der Waals surface area contributed by atoms with Crippen molar-refractivity contribution in [1.82, 2.24) is 9.97 Å². The molecule has 0 N–H and O–H groups in total. The van der Waals surface area contributed by atoms with Gasteiger partial charge in [-0.05, 0) is 44.5 Å². The van der Waals surface area contributed by atoms with E-state index in [0.717, 1.165) is 17.0 Å². The van der Waals surface area contributed by atoms with Crippen LogP contribution in [0.3, 0.4) is 0 Å². The fraction of sp³-hybridized carbons (Fsp3) is 0.353. The fourth-order valence-electron chi connectivity index (χ4n) is 2.24. The first-order valence-corrected chi connectivity index (χ1v) is 8.40. The van der Waals surface area contributed by atoms with Gasteiger partial charge in [-0.25, -0.2) is 9.97 Å². The van der Waals surface area contributed by atoms with Gasteiger partial charge in [0, 0.05) is 17.0 Å². The number of aryl methyl sites for hydroxylation is 2. The standard InChI is InChI=1S/C17H18N2O3S/c1-10-11(2)18-17(19-12(10)3)23-9-14(20)13-4-5-15-16(8-13)22-7-6-21-15/h4-5,8H,6-7,9H2,1-3H3. The summed E-state index contributed by atoms with van der Waals surface area (Å²) in [6, 6.07) is 5.29. The predicted octanol–water partition coefficient (Wildman–Crippen LogP) is 3.15.